The van der Waals surface area contributed by atoms with Crippen LogP contribution < -0.4 is 0 Å². The van der Waals surface area contributed by atoms with Crippen LogP contribution in [-0.4, -0.2) is 36.9 Å². The van der Waals surface area contributed by atoms with Gasteiger partial charge in [-0.15, -0.1) is 11.6 Å². The summed E-state index contributed by atoms with van der Waals surface area (Å²) in [5.41, 5.74) is 0.792. The largest absolute Gasteiger partial charge is 0.492 e. The molecule has 0 heterocycles. The van der Waals surface area contributed by atoms with Gasteiger partial charge >= 0.3 is 0 Å². The van der Waals surface area contributed by atoms with E-state index in [0.717, 1.165) is 12.0 Å². The maximum atomic E-state index is 10.5. The minimum Gasteiger partial charge on any atom is -0.492 e. The van der Waals surface area contributed by atoms with E-state index in [2.05, 4.69) is 13.2 Å². The molecule has 0 fully saturated rings. The van der Waals surface area contributed by atoms with E-state index in [1.54, 1.807) is 4.90 Å². The zero-order chi connectivity index (χ0) is 11.0. The van der Waals surface area contributed by atoms with Gasteiger partial charge in [-0.25, -0.2) is 0 Å². The van der Waals surface area contributed by atoms with Crippen LogP contribution in [0.15, 0.2) is 24.5 Å². The van der Waals surface area contributed by atoms with Crippen LogP contribution in [-0.2, 0) is 9.53 Å². The molecule has 80 valence electrons. The maximum Gasteiger partial charge on any atom is 0.209 e. The summed E-state index contributed by atoms with van der Waals surface area (Å²) >= 11 is 5.49. The number of halogens is 1. The fourth-order valence-corrected chi connectivity index (χ4v) is 0.952. The van der Waals surface area contributed by atoms with E-state index in [-0.39, 0.29) is 0 Å². The molecule has 0 spiro atoms. The third kappa shape index (κ3) is 5.65. The number of nitrogens with zero attached hydrogens (tertiary/aromatic N) is 1. The number of hydrogen-bond acceptors (Lipinski definition) is 2. The van der Waals surface area contributed by atoms with Crippen molar-refractivity contribution in [2.45, 2.75) is 6.92 Å². The number of amides is 1. The Labute approximate surface area is 90.0 Å². The van der Waals surface area contributed by atoms with Crippen LogP contribution in [0, 0.1) is 0 Å². The van der Waals surface area contributed by atoms with E-state index in [0.29, 0.717) is 31.3 Å². The van der Waals surface area contributed by atoms with E-state index >= 15 is 0 Å². The normalized spacial score (nSPS) is 9.29. The van der Waals surface area contributed by atoms with Crippen LogP contribution in [0.2, 0.25) is 0 Å². The second-order valence-electron chi connectivity index (χ2n) is 2.88. The van der Waals surface area contributed by atoms with E-state index in [9.17, 15) is 4.79 Å². The number of rotatable bonds is 8. The molecule has 4 heteroatoms. The number of allylic oxidation sites excluding steroid dienone is 1. The second kappa shape index (κ2) is 7.44. The summed E-state index contributed by atoms with van der Waals surface area (Å²) in [6.07, 6.45) is 0.759. The molecule has 0 aromatic heterocycles. The Kier molecular flexibility index (Phi) is 6.93. The zero-order valence-electron chi connectivity index (χ0n) is 8.46. The van der Waals surface area contributed by atoms with Gasteiger partial charge in [-0.1, -0.05) is 13.2 Å². The van der Waals surface area contributed by atoms with Crippen molar-refractivity contribution >= 4 is 18.0 Å². The SMILES string of the molecule is C=C(C)C(=C)OCCN(C=O)CCCl. The predicted molar refractivity (Wildman–Crippen MR) is 58.3 cm³/mol. The van der Waals surface area contributed by atoms with Crippen molar-refractivity contribution in [1.29, 1.82) is 0 Å². The van der Waals surface area contributed by atoms with Gasteiger partial charge in [0, 0.05) is 12.4 Å². The minimum atomic E-state index is 0.418. The highest BCUT2D eigenvalue weighted by Crippen LogP contribution is 2.04. The molecule has 14 heavy (non-hydrogen) atoms. The van der Waals surface area contributed by atoms with Crippen LogP contribution >= 0.6 is 11.6 Å². The summed E-state index contributed by atoms with van der Waals surface area (Å²) < 4.78 is 5.24. The topological polar surface area (TPSA) is 29.5 Å². The van der Waals surface area contributed by atoms with Gasteiger partial charge in [0.05, 0.1) is 6.54 Å². The second-order valence-corrected chi connectivity index (χ2v) is 3.26. The van der Waals surface area contributed by atoms with E-state index in [4.69, 9.17) is 16.3 Å². The Morgan fingerprint density at radius 3 is 2.57 bits per heavy atom. The molecule has 0 saturated heterocycles. The Morgan fingerprint density at radius 1 is 1.50 bits per heavy atom. The summed E-state index contributed by atoms with van der Waals surface area (Å²) in [6.45, 7) is 10.6. The molecule has 0 aromatic carbocycles. The molecule has 3 nitrogen and oxygen atoms in total. The van der Waals surface area contributed by atoms with Gasteiger partial charge in [-0.05, 0) is 12.5 Å². The Hall–Kier alpha value is -0.960. The first kappa shape index (κ1) is 13.0. The molecule has 0 bridgehead atoms. The number of carbonyl (C=O) groups is 1. The average molecular weight is 218 g/mol. The van der Waals surface area contributed by atoms with Gasteiger partial charge in [-0.2, -0.15) is 0 Å². The molecule has 0 aromatic rings. The first-order valence-electron chi connectivity index (χ1n) is 4.34. The van der Waals surface area contributed by atoms with Crippen LogP contribution in [0.25, 0.3) is 0 Å². The van der Waals surface area contributed by atoms with Gasteiger partial charge in [0.15, 0.2) is 0 Å². The highest BCUT2D eigenvalue weighted by Gasteiger charge is 2.01. The van der Waals surface area contributed by atoms with Crippen LogP contribution in [0.1, 0.15) is 6.92 Å². The van der Waals surface area contributed by atoms with Crippen molar-refractivity contribution in [1.82, 2.24) is 4.90 Å². The fourth-order valence-electron chi connectivity index (χ4n) is 0.735. The Balaban J connectivity index is 3.65. The molecule has 0 aliphatic carbocycles. The van der Waals surface area contributed by atoms with E-state index in [1.807, 2.05) is 6.92 Å². The molecular formula is C10H16ClNO2. The van der Waals surface area contributed by atoms with Gasteiger partial charge in [-0.3, -0.25) is 4.79 Å². The molecule has 0 N–H and O–H groups in total. The summed E-state index contributed by atoms with van der Waals surface area (Å²) in [6, 6.07) is 0. The number of carbonyl (C=O) groups excluding carboxylic acids is 1. The predicted octanol–water partition coefficient (Wildman–Crippen LogP) is 1.79. The number of alkyl halides is 1. The van der Waals surface area contributed by atoms with E-state index in [1.165, 1.54) is 0 Å². The first-order chi connectivity index (χ1) is 6.61. The molecule has 0 aliphatic rings. The Morgan fingerprint density at radius 2 is 2.14 bits per heavy atom. The van der Waals surface area contributed by atoms with Gasteiger partial charge < -0.3 is 9.64 Å². The molecule has 0 unspecified atom stereocenters. The highest BCUT2D eigenvalue weighted by atomic mass is 35.5. The lowest BCUT2D eigenvalue weighted by Crippen LogP contribution is -2.28. The average Bonchev–Trinajstić information content (AvgIpc) is 2.16. The van der Waals surface area contributed by atoms with Crippen molar-refractivity contribution in [2.75, 3.05) is 25.6 Å². The summed E-state index contributed by atoms with van der Waals surface area (Å²) in [5.74, 6) is 0.988. The lowest BCUT2D eigenvalue weighted by Gasteiger charge is -2.16. The number of hydrogen-bond donors (Lipinski definition) is 0. The molecular weight excluding hydrogens is 202 g/mol. The van der Waals surface area contributed by atoms with E-state index < -0.39 is 0 Å². The monoisotopic (exact) mass is 217 g/mol. The first-order valence-corrected chi connectivity index (χ1v) is 4.88. The van der Waals surface area contributed by atoms with Crippen LogP contribution in [0.4, 0.5) is 0 Å². The van der Waals surface area contributed by atoms with Gasteiger partial charge in [0.1, 0.15) is 12.4 Å². The third-order valence-electron chi connectivity index (χ3n) is 1.65. The van der Waals surface area contributed by atoms with Crippen molar-refractivity contribution in [3.05, 3.63) is 24.5 Å². The molecule has 0 rings (SSSR count). The highest BCUT2D eigenvalue weighted by molar-refractivity contribution is 6.18. The van der Waals surface area contributed by atoms with Crippen molar-refractivity contribution in [2.24, 2.45) is 0 Å². The standard InChI is InChI=1S/C10H16ClNO2/c1-9(2)10(3)14-7-6-12(8-13)5-4-11/h8H,1,3-7H2,2H3. The summed E-state index contributed by atoms with van der Waals surface area (Å²) in [4.78, 5) is 12.0. The zero-order valence-corrected chi connectivity index (χ0v) is 9.22. The lowest BCUT2D eigenvalue weighted by molar-refractivity contribution is -0.118. The number of ether oxygens (including phenoxy) is 1. The molecule has 0 aliphatic heterocycles. The summed E-state index contributed by atoms with van der Waals surface area (Å²) in [7, 11) is 0. The third-order valence-corrected chi connectivity index (χ3v) is 1.82. The van der Waals surface area contributed by atoms with Crippen molar-refractivity contribution in [3.8, 4) is 0 Å². The summed E-state index contributed by atoms with van der Waals surface area (Å²) in [5, 5.41) is 0. The lowest BCUT2D eigenvalue weighted by atomic mass is 10.3. The molecule has 1 amide bonds. The van der Waals surface area contributed by atoms with Crippen LogP contribution in [0.5, 0.6) is 0 Å². The maximum absolute atomic E-state index is 10.5. The van der Waals surface area contributed by atoms with Crippen LogP contribution in [0.3, 0.4) is 0 Å². The smallest absolute Gasteiger partial charge is 0.209 e. The quantitative estimate of drug-likeness (QED) is 0.269. The minimum absolute atomic E-state index is 0.418. The Bertz CT molecular complexity index is 216. The van der Waals surface area contributed by atoms with Gasteiger partial charge in [0.25, 0.3) is 0 Å². The van der Waals surface area contributed by atoms with Crippen molar-refractivity contribution in [3.63, 3.8) is 0 Å². The van der Waals surface area contributed by atoms with Gasteiger partial charge in [0.2, 0.25) is 6.41 Å². The molecule has 0 atom stereocenters. The fraction of sp³-hybridized carbons (Fsp3) is 0.500. The molecule has 0 saturated carbocycles. The molecule has 0 radical (unpaired) electrons. The van der Waals surface area contributed by atoms with Crippen molar-refractivity contribution < 1.29 is 9.53 Å².